The van der Waals surface area contributed by atoms with Crippen LogP contribution < -0.4 is 10.5 Å². The Bertz CT molecular complexity index is 560. The van der Waals surface area contributed by atoms with Gasteiger partial charge in [0.05, 0.1) is 6.54 Å². The molecular weight excluding hydrogens is 294 g/mol. The summed E-state index contributed by atoms with van der Waals surface area (Å²) >= 11 is 0. The van der Waals surface area contributed by atoms with E-state index in [1.54, 1.807) is 0 Å². The van der Waals surface area contributed by atoms with Crippen molar-refractivity contribution in [1.82, 2.24) is 4.90 Å². The van der Waals surface area contributed by atoms with Gasteiger partial charge in [0.1, 0.15) is 5.82 Å². The quantitative estimate of drug-likeness (QED) is 0.867. The number of primary amides is 1. The molecule has 2 N–H and O–H groups in total. The molecule has 1 aromatic rings. The highest BCUT2D eigenvalue weighted by Gasteiger charge is 2.28. The van der Waals surface area contributed by atoms with Gasteiger partial charge in [-0.15, -0.1) is 0 Å². The van der Waals surface area contributed by atoms with Gasteiger partial charge in [0, 0.05) is 12.1 Å². The summed E-state index contributed by atoms with van der Waals surface area (Å²) in [5.74, 6) is -2.85. The van der Waals surface area contributed by atoms with E-state index in [2.05, 4.69) is 0 Å². The predicted octanol–water partition coefficient (Wildman–Crippen LogP) is 1.60. The van der Waals surface area contributed by atoms with Gasteiger partial charge in [-0.1, -0.05) is 12.8 Å². The SMILES string of the molecule is NC(=O)CN(C(=O)COc1ccc(F)cc1F)C1CCCC1. The maximum absolute atomic E-state index is 13.4. The smallest absolute Gasteiger partial charge is 0.261 e. The fourth-order valence-corrected chi connectivity index (χ4v) is 2.62. The van der Waals surface area contributed by atoms with Crippen molar-refractivity contribution in [2.75, 3.05) is 13.2 Å². The number of halogens is 2. The Morgan fingerprint density at radius 2 is 1.95 bits per heavy atom. The normalized spacial score (nSPS) is 14.8. The number of nitrogens with zero attached hydrogens (tertiary/aromatic N) is 1. The third-order valence-corrected chi connectivity index (χ3v) is 3.66. The van der Waals surface area contributed by atoms with Gasteiger partial charge in [-0.2, -0.15) is 0 Å². The second-order valence-electron chi connectivity index (χ2n) is 5.29. The van der Waals surface area contributed by atoms with E-state index in [0.29, 0.717) is 6.07 Å². The summed E-state index contributed by atoms with van der Waals surface area (Å²) < 4.78 is 31.3. The monoisotopic (exact) mass is 312 g/mol. The molecular formula is C15H18F2N2O3. The first kappa shape index (κ1) is 16.2. The van der Waals surface area contributed by atoms with Gasteiger partial charge < -0.3 is 15.4 Å². The van der Waals surface area contributed by atoms with Crippen LogP contribution in [0.5, 0.6) is 5.75 Å². The van der Waals surface area contributed by atoms with Crippen molar-refractivity contribution in [3.8, 4) is 5.75 Å². The van der Waals surface area contributed by atoms with E-state index in [-0.39, 0.29) is 18.3 Å². The molecule has 0 aromatic heterocycles. The highest BCUT2D eigenvalue weighted by atomic mass is 19.1. The fraction of sp³-hybridized carbons (Fsp3) is 0.467. The Morgan fingerprint density at radius 1 is 1.27 bits per heavy atom. The topological polar surface area (TPSA) is 72.6 Å². The van der Waals surface area contributed by atoms with Gasteiger partial charge in [0.2, 0.25) is 5.91 Å². The molecule has 22 heavy (non-hydrogen) atoms. The molecule has 0 bridgehead atoms. The molecule has 2 amide bonds. The van der Waals surface area contributed by atoms with Crippen LogP contribution in [0.15, 0.2) is 18.2 Å². The lowest BCUT2D eigenvalue weighted by molar-refractivity contribution is -0.139. The van der Waals surface area contributed by atoms with Gasteiger partial charge in [0.15, 0.2) is 18.2 Å². The van der Waals surface area contributed by atoms with Crippen LogP contribution in [-0.4, -0.2) is 35.9 Å². The summed E-state index contributed by atoms with van der Waals surface area (Å²) in [4.78, 5) is 24.7. The van der Waals surface area contributed by atoms with E-state index in [4.69, 9.17) is 10.5 Å². The molecule has 7 heteroatoms. The number of rotatable bonds is 6. The second kappa shape index (κ2) is 7.20. The fourth-order valence-electron chi connectivity index (χ4n) is 2.62. The second-order valence-corrected chi connectivity index (χ2v) is 5.29. The Labute approximate surface area is 127 Å². The van der Waals surface area contributed by atoms with E-state index >= 15 is 0 Å². The minimum Gasteiger partial charge on any atom is -0.481 e. The van der Waals surface area contributed by atoms with Crippen molar-refractivity contribution in [3.05, 3.63) is 29.8 Å². The van der Waals surface area contributed by atoms with E-state index in [1.165, 1.54) is 4.90 Å². The van der Waals surface area contributed by atoms with Crippen LogP contribution in [0, 0.1) is 11.6 Å². The standard InChI is InChI=1S/C15H18F2N2O3/c16-10-5-6-13(12(17)7-10)22-9-15(21)19(8-14(18)20)11-3-1-2-4-11/h5-7,11H,1-4,8-9H2,(H2,18,20). The highest BCUT2D eigenvalue weighted by molar-refractivity contribution is 5.84. The first-order chi connectivity index (χ1) is 10.5. The van der Waals surface area contributed by atoms with Gasteiger partial charge in [-0.3, -0.25) is 9.59 Å². The average Bonchev–Trinajstić information content (AvgIpc) is 2.97. The molecule has 0 atom stereocenters. The van der Waals surface area contributed by atoms with Crippen LogP contribution in [0.25, 0.3) is 0 Å². The molecule has 1 aliphatic rings. The van der Waals surface area contributed by atoms with Crippen molar-refractivity contribution in [2.45, 2.75) is 31.7 Å². The van der Waals surface area contributed by atoms with Crippen LogP contribution in [-0.2, 0) is 9.59 Å². The van der Waals surface area contributed by atoms with Crippen molar-refractivity contribution in [1.29, 1.82) is 0 Å². The molecule has 0 aliphatic heterocycles. The number of ether oxygens (including phenoxy) is 1. The van der Waals surface area contributed by atoms with Crippen molar-refractivity contribution in [3.63, 3.8) is 0 Å². The molecule has 0 unspecified atom stereocenters. The summed E-state index contributed by atoms with van der Waals surface area (Å²) in [7, 11) is 0. The first-order valence-corrected chi connectivity index (χ1v) is 7.13. The Balaban J connectivity index is 1.99. The summed E-state index contributed by atoms with van der Waals surface area (Å²) in [6.07, 6.45) is 3.59. The number of amides is 2. The molecule has 0 heterocycles. The molecule has 5 nitrogen and oxygen atoms in total. The van der Waals surface area contributed by atoms with E-state index in [9.17, 15) is 18.4 Å². The average molecular weight is 312 g/mol. The van der Waals surface area contributed by atoms with Crippen LogP contribution >= 0.6 is 0 Å². The zero-order valence-electron chi connectivity index (χ0n) is 12.1. The molecule has 2 rings (SSSR count). The highest BCUT2D eigenvalue weighted by Crippen LogP contribution is 2.24. The largest absolute Gasteiger partial charge is 0.481 e. The first-order valence-electron chi connectivity index (χ1n) is 7.13. The van der Waals surface area contributed by atoms with Crippen LogP contribution in [0.3, 0.4) is 0 Å². The molecule has 120 valence electrons. The number of carbonyl (C=O) groups excluding carboxylic acids is 2. The van der Waals surface area contributed by atoms with Crippen LogP contribution in [0.4, 0.5) is 8.78 Å². The Morgan fingerprint density at radius 3 is 2.55 bits per heavy atom. The van der Waals surface area contributed by atoms with Crippen molar-refractivity contribution < 1.29 is 23.1 Å². The van der Waals surface area contributed by atoms with Crippen LogP contribution in [0.2, 0.25) is 0 Å². The van der Waals surface area contributed by atoms with Crippen molar-refractivity contribution in [2.24, 2.45) is 5.73 Å². The van der Waals surface area contributed by atoms with Gasteiger partial charge >= 0.3 is 0 Å². The molecule has 1 fully saturated rings. The number of benzene rings is 1. The zero-order valence-corrected chi connectivity index (χ0v) is 12.1. The maximum atomic E-state index is 13.4. The van der Waals surface area contributed by atoms with Gasteiger partial charge in [0.25, 0.3) is 5.91 Å². The molecule has 0 spiro atoms. The predicted molar refractivity (Wildman–Crippen MR) is 75.0 cm³/mol. The Hall–Kier alpha value is -2.18. The molecule has 0 saturated heterocycles. The molecule has 1 saturated carbocycles. The van der Waals surface area contributed by atoms with E-state index in [0.717, 1.165) is 37.8 Å². The Kier molecular flexibility index (Phi) is 5.30. The van der Waals surface area contributed by atoms with Gasteiger partial charge in [-0.05, 0) is 25.0 Å². The minimum absolute atomic E-state index is 0.0401. The third kappa shape index (κ3) is 4.16. The summed E-state index contributed by atoms with van der Waals surface area (Å²) in [6, 6.07) is 2.80. The summed E-state index contributed by atoms with van der Waals surface area (Å²) in [5.41, 5.74) is 5.17. The van der Waals surface area contributed by atoms with Crippen molar-refractivity contribution >= 4 is 11.8 Å². The summed E-state index contributed by atoms with van der Waals surface area (Å²) in [6.45, 7) is -0.606. The van der Waals surface area contributed by atoms with Crippen LogP contribution in [0.1, 0.15) is 25.7 Å². The lowest BCUT2D eigenvalue weighted by atomic mass is 10.2. The lowest BCUT2D eigenvalue weighted by Crippen LogP contribution is -2.46. The maximum Gasteiger partial charge on any atom is 0.261 e. The van der Waals surface area contributed by atoms with E-state index in [1.807, 2.05) is 0 Å². The number of nitrogens with two attached hydrogens (primary N) is 1. The lowest BCUT2D eigenvalue weighted by Gasteiger charge is -2.27. The minimum atomic E-state index is -0.880. The van der Waals surface area contributed by atoms with Gasteiger partial charge in [-0.25, -0.2) is 8.78 Å². The number of hydrogen-bond donors (Lipinski definition) is 1. The molecule has 1 aromatic carbocycles. The third-order valence-electron chi connectivity index (χ3n) is 3.66. The molecule has 1 aliphatic carbocycles. The molecule has 0 radical (unpaired) electrons. The number of carbonyl (C=O) groups is 2. The zero-order chi connectivity index (χ0) is 16.1. The number of hydrogen-bond acceptors (Lipinski definition) is 3. The van der Waals surface area contributed by atoms with E-state index < -0.39 is 30.1 Å². The summed E-state index contributed by atoms with van der Waals surface area (Å²) in [5, 5.41) is 0.